The lowest BCUT2D eigenvalue weighted by Crippen LogP contribution is -2.67. The summed E-state index contributed by atoms with van der Waals surface area (Å²) >= 11 is 0. The van der Waals surface area contributed by atoms with Crippen LogP contribution in [0.3, 0.4) is 0 Å². The van der Waals surface area contributed by atoms with Crippen LogP contribution in [0.15, 0.2) is 0 Å². The van der Waals surface area contributed by atoms with E-state index < -0.39 is 0 Å². The maximum atomic E-state index is 12.8. The third-order valence-electron chi connectivity index (χ3n) is 4.11. The number of hydrogen-bond acceptors (Lipinski definition) is 2. The molecule has 116 valence electrons. The molecule has 0 aromatic carbocycles. The molecule has 0 radical (unpaired) electrons. The van der Waals surface area contributed by atoms with Gasteiger partial charge in [0.1, 0.15) is 12.1 Å². The van der Waals surface area contributed by atoms with E-state index in [9.17, 15) is 9.59 Å². The first-order chi connectivity index (χ1) is 9.33. The van der Waals surface area contributed by atoms with Gasteiger partial charge in [0, 0.05) is 6.04 Å². The van der Waals surface area contributed by atoms with E-state index in [2.05, 4.69) is 33.0 Å². The molecule has 1 aliphatic rings. The van der Waals surface area contributed by atoms with E-state index >= 15 is 0 Å². The Morgan fingerprint density at radius 3 is 2.05 bits per heavy atom. The molecule has 1 saturated heterocycles. The zero-order valence-corrected chi connectivity index (χ0v) is 13.8. The average molecular weight is 282 g/mol. The summed E-state index contributed by atoms with van der Waals surface area (Å²) in [4.78, 5) is 27.1. The second kappa shape index (κ2) is 7.09. The smallest absolute Gasteiger partial charge is 0.246 e. The normalized spacial score (nSPS) is 23.9. The van der Waals surface area contributed by atoms with Crippen LogP contribution in [0, 0.1) is 11.8 Å². The zero-order valence-electron chi connectivity index (χ0n) is 13.8. The largest absolute Gasteiger partial charge is 0.342 e. The Labute approximate surface area is 123 Å². The molecule has 4 heteroatoms. The Morgan fingerprint density at radius 2 is 1.65 bits per heavy atom. The number of amides is 2. The predicted octanol–water partition coefficient (Wildman–Crippen LogP) is 2.57. The molecule has 1 aliphatic heterocycles. The van der Waals surface area contributed by atoms with Gasteiger partial charge < -0.3 is 10.2 Å². The van der Waals surface area contributed by atoms with Gasteiger partial charge in [0.25, 0.3) is 0 Å². The molecule has 2 atom stereocenters. The molecule has 1 N–H and O–H groups in total. The van der Waals surface area contributed by atoms with Gasteiger partial charge in [0.05, 0.1) is 0 Å². The molecular weight excluding hydrogens is 252 g/mol. The van der Waals surface area contributed by atoms with Gasteiger partial charge in [0.15, 0.2) is 0 Å². The van der Waals surface area contributed by atoms with Crippen LogP contribution in [0.2, 0.25) is 0 Å². The van der Waals surface area contributed by atoms with Crippen LogP contribution >= 0.6 is 0 Å². The van der Waals surface area contributed by atoms with Gasteiger partial charge in [-0.1, -0.05) is 41.5 Å². The Morgan fingerprint density at radius 1 is 1.10 bits per heavy atom. The monoisotopic (exact) mass is 282 g/mol. The maximum Gasteiger partial charge on any atom is 0.246 e. The molecule has 0 spiro atoms. The second-order valence-electron chi connectivity index (χ2n) is 6.60. The van der Waals surface area contributed by atoms with E-state index in [1.807, 2.05) is 18.7 Å². The van der Waals surface area contributed by atoms with Crippen molar-refractivity contribution >= 4 is 11.8 Å². The number of piperazine rings is 1. The molecule has 20 heavy (non-hydrogen) atoms. The Hall–Kier alpha value is -1.06. The van der Waals surface area contributed by atoms with Gasteiger partial charge in [-0.3, -0.25) is 9.59 Å². The third kappa shape index (κ3) is 3.53. The fourth-order valence-electron chi connectivity index (χ4n) is 3.11. The van der Waals surface area contributed by atoms with Crippen LogP contribution in [0.4, 0.5) is 0 Å². The summed E-state index contributed by atoms with van der Waals surface area (Å²) in [6.45, 7) is 12.3. The first kappa shape index (κ1) is 17.0. The molecule has 2 amide bonds. The minimum atomic E-state index is -0.349. The van der Waals surface area contributed by atoms with Crippen molar-refractivity contribution in [2.75, 3.05) is 0 Å². The van der Waals surface area contributed by atoms with Crippen molar-refractivity contribution in [3.05, 3.63) is 0 Å². The van der Waals surface area contributed by atoms with E-state index in [1.165, 1.54) is 0 Å². The lowest BCUT2D eigenvalue weighted by Gasteiger charge is -2.45. The van der Waals surface area contributed by atoms with Crippen molar-refractivity contribution in [3.8, 4) is 0 Å². The minimum Gasteiger partial charge on any atom is -0.342 e. The summed E-state index contributed by atoms with van der Waals surface area (Å²) in [6.07, 6.45) is 2.51. The van der Waals surface area contributed by atoms with Crippen molar-refractivity contribution in [2.24, 2.45) is 11.8 Å². The number of hydrogen-bond donors (Lipinski definition) is 1. The minimum absolute atomic E-state index is 0.0113. The van der Waals surface area contributed by atoms with Crippen molar-refractivity contribution in [3.63, 3.8) is 0 Å². The standard InChI is InChI=1S/C16H30N2O2/c1-7-12(8-2)18-14(11(5)6)15(19)17-13(16(18)20)9-10(3)4/h10-14H,7-9H2,1-6H3,(H,17,19). The van der Waals surface area contributed by atoms with Gasteiger partial charge in [-0.15, -0.1) is 0 Å². The molecule has 4 nitrogen and oxygen atoms in total. The molecule has 0 saturated carbocycles. The SMILES string of the molecule is CCC(CC)N1C(=O)C(CC(C)C)NC(=O)C1C(C)C. The number of carbonyl (C=O) groups is 2. The highest BCUT2D eigenvalue weighted by Gasteiger charge is 2.44. The van der Waals surface area contributed by atoms with Gasteiger partial charge in [0.2, 0.25) is 11.8 Å². The Balaban J connectivity index is 3.07. The van der Waals surface area contributed by atoms with E-state index in [0.717, 1.165) is 12.8 Å². The fourth-order valence-corrected chi connectivity index (χ4v) is 3.11. The van der Waals surface area contributed by atoms with E-state index in [0.29, 0.717) is 12.3 Å². The quantitative estimate of drug-likeness (QED) is 0.814. The number of nitrogens with one attached hydrogen (secondary N) is 1. The molecular formula is C16H30N2O2. The summed E-state index contributed by atoms with van der Waals surface area (Å²) < 4.78 is 0. The van der Waals surface area contributed by atoms with Gasteiger partial charge in [-0.2, -0.15) is 0 Å². The highest BCUT2D eigenvalue weighted by Crippen LogP contribution is 2.25. The van der Waals surface area contributed by atoms with Crippen LogP contribution < -0.4 is 5.32 Å². The molecule has 0 aromatic heterocycles. The summed E-state index contributed by atoms with van der Waals surface area (Å²) in [5, 5.41) is 2.93. The highest BCUT2D eigenvalue weighted by molar-refractivity contribution is 5.97. The molecule has 2 unspecified atom stereocenters. The van der Waals surface area contributed by atoms with Crippen LogP contribution in [-0.4, -0.2) is 34.8 Å². The molecule has 1 heterocycles. The Kier molecular flexibility index (Phi) is 6.03. The second-order valence-corrected chi connectivity index (χ2v) is 6.60. The summed E-state index contributed by atoms with van der Waals surface area (Å²) in [5.41, 5.74) is 0. The maximum absolute atomic E-state index is 12.8. The van der Waals surface area contributed by atoms with Crippen molar-refractivity contribution in [1.82, 2.24) is 10.2 Å². The van der Waals surface area contributed by atoms with Crippen molar-refractivity contribution in [1.29, 1.82) is 0 Å². The van der Waals surface area contributed by atoms with Gasteiger partial charge >= 0.3 is 0 Å². The van der Waals surface area contributed by atoms with E-state index in [-0.39, 0.29) is 35.9 Å². The van der Waals surface area contributed by atoms with E-state index in [1.54, 1.807) is 0 Å². The topological polar surface area (TPSA) is 49.4 Å². The summed E-state index contributed by atoms with van der Waals surface area (Å²) in [5.74, 6) is 0.644. The fraction of sp³-hybridized carbons (Fsp3) is 0.875. The van der Waals surface area contributed by atoms with Gasteiger partial charge in [-0.05, 0) is 31.1 Å². The highest BCUT2D eigenvalue weighted by atomic mass is 16.2. The predicted molar refractivity (Wildman–Crippen MR) is 81.2 cm³/mol. The first-order valence-electron chi connectivity index (χ1n) is 7.95. The van der Waals surface area contributed by atoms with E-state index in [4.69, 9.17) is 0 Å². The molecule has 0 bridgehead atoms. The molecule has 0 aliphatic carbocycles. The van der Waals surface area contributed by atoms with Crippen molar-refractivity contribution in [2.45, 2.75) is 78.9 Å². The van der Waals surface area contributed by atoms with Crippen LogP contribution in [0.25, 0.3) is 0 Å². The molecule has 1 rings (SSSR count). The lowest BCUT2D eigenvalue weighted by atomic mass is 9.91. The van der Waals surface area contributed by atoms with Crippen LogP contribution in [-0.2, 0) is 9.59 Å². The zero-order chi connectivity index (χ0) is 15.4. The Bertz CT molecular complexity index is 348. The molecule has 1 fully saturated rings. The van der Waals surface area contributed by atoms with Gasteiger partial charge in [-0.25, -0.2) is 0 Å². The van der Waals surface area contributed by atoms with Crippen molar-refractivity contribution < 1.29 is 9.59 Å². The number of rotatable bonds is 6. The lowest BCUT2D eigenvalue weighted by molar-refractivity contribution is -0.154. The summed E-state index contributed by atoms with van der Waals surface area (Å²) in [7, 11) is 0. The first-order valence-corrected chi connectivity index (χ1v) is 7.95. The van der Waals surface area contributed by atoms with Crippen LogP contribution in [0.1, 0.15) is 60.8 Å². The average Bonchev–Trinajstić information content (AvgIpc) is 2.34. The third-order valence-corrected chi connectivity index (χ3v) is 4.11. The number of nitrogens with zero attached hydrogens (tertiary/aromatic N) is 1. The number of carbonyl (C=O) groups excluding carboxylic acids is 2. The molecule has 0 aromatic rings. The van der Waals surface area contributed by atoms with Crippen LogP contribution in [0.5, 0.6) is 0 Å². The summed E-state index contributed by atoms with van der Waals surface area (Å²) in [6, 6.07) is -0.510.